The number of carbonyl (C=O) groups is 1. The highest BCUT2D eigenvalue weighted by Crippen LogP contribution is 2.33. The first-order valence-electron chi connectivity index (χ1n) is 10.7. The second-order valence-corrected chi connectivity index (χ2v) is 7.69. The Bertz CT molecular complexity index is 811. The maximum Gasteiger partial charge on any atom is 0.147 e. The molecule has 1 aliphatic carbocycles. The third kappa shape index (κ3) is 6.82. The van der Waals surface area contributed by atoms with Crippen LogP contribution in [0.4, 0.5) is 4.39 Å². The number of halogens is 1. The van der Waals surface area contributed by atoms with Crippen LogP contribution in [-0.2, 0) is 11.2 Å². The van der Waals surface area contributed by atoms with Gasteiger partial charge in [0.1, 0.15) is 23.1 Å². The fourth-order valence-corrected chi connectivity index (χ4v) is 3.77. The highest BCUT2D eigenvalue weighted by molar-refractivity contribution is 5.80. The van der Waals surface area contributed by atoms with Crippen molar-refractivity contribution in [2.75, 3.05) is 20.2 Å². The number of hydroxylamine groups is 1. The number of Topliss-reactive ketones (excluding diaryl/α,β-unsaturated/α-hetero) is 1. The second kappa shape index (κ2) is 11.7. The molecule has 0 saturated carbocycles. The van der Waals surface area contributed by atoms with E-state index in [1.165, 1.54) is 23.3 Å². The van der Waals surface area contributed by atoms with Crippen LogP contribution in [0.3, 0.4) is 0 Å². The normalized spacial score (nSPS) is 15.1. The standard InChI is InChI=1S/C24H31FN2O3/c1-29-22-12-13-23-18(16-22)7-14-24(23)26-17-20(28)6-4-2-3-5-15-27-30-21-10-8-19(25)9-11-21/h8-13,16,24,26-27H,2-7,14-15,17H2,1H3. The predicted octanol–water partition coefficient (Wildman–Crippen LogP) is 4.51. The number of unbranched alkanes of at least 4 members (excludes halogenated alkanes) is 3. The number of nitrogens with one attached hydrogen (secondary N) is 2. The van der Waals surface area contributed by atoms with E-state index < -0.39 is 0 Å². The van der Waals surface area contributed by atoms with Gasteiger partial charge in [0, 0.05) is 19.0 Å². The third-order valence-electron chi connectivity index (χ3n) is 5.46. The maximum absolute atomic E-state index is 12.8. The van der Waals surface area contributed by atoms with E-state index >= 15 is 0 Å². The molecule has 0 aliphatic heterocycles. The van der Waals surface area contributed by atoms with Gasteiger partial charge in [-0.1, -0.05) is 18.9 Å². The molecular weight excluding hydrogens is 383 g/mol. The van der Waals surface area contributed by atoms with Gasteiger partial charge in [0.15, 0.2) is 0 Å². The molecule has 30 heavy (non-hydrogen) atoms. The topological polar surface area (TPSA) is 59.6 Å². The summed E-state index contributed by atoms with van der Waals surface area (Å²) in [6.45, 7) is 1.15. The minimum atomic E-state index is -0.277. The summed E-state index contributed by atoms with van der Waals surface area (Å²) < 4.78 is 18.1. The third-order valence-corrected chi connectivity index (χ3v) is 5.46. The van der Waals surface area contributed by atoms with Crippen molar-refractivity contribution < 1.29 is 18.8 Å². The second-order valence-electron chi connectivity index (χ2n) is 7.69. The summed E-state index contributed by atoms with van der Waals surface area (Å²) in [5, 5.41) is 3.42. The van der Waals surface area contributed by atoms with Gasteiger partial charge in [-0.15, -0.1) is 0 Å². The zero-order valence-corrected chi connectivity index (χ0v) is 17.6. The van der Waals surface area contributed by atoms with E-state index in [9.17, 15) is 9.18 Å². The quantitative estimate of drug-likeness (QED) is 0.373. The molecule has 0 bridgehead atoms. The lowest BCUT2D eigenvalue weighted by molar-refractivity contribution is -0.118. The smallest absolute Gasteiger partial charge is 0.147 e. The van der Waals surface area contributed by atoms with Gasteiger partial charge in [0.2, 0.25) is 0 Å². The largest absolute Gasteiger partial charge is 0.497 e. The average Bonchev–Trinajstić information content (AvgIpc) is 3.17. The first-order chi connectivity index (χ1) is 14.7. The number of hydrogen-bond donors (Lipinski definition) is 2. The zero-order valence-electron chi connectivity index (χ0n) is 17.6. The van der Waals surface area contributed by atoms with Crippen LogP contribution in [0.15, 0.2) is 42.5 Å². The zero-order chi connectivity index (χ0) is 21.2. The van der Waals surface area contributed by atoms with Crippen molar-refractivity contribution in [2.24, 2.45) is 0 Å². The highest BCUT2D eigenvalue weighted by atomic mass is 19.1. The van der Waals surface area contributed by atoms with E-state index in [4.69, 9.17) is 9.57 Å². The summed E-state index contributed by atoms with van der Waals surface area (Å²) in [4.78, 5) is 17.5. The Kier molecular flexibility index (Phi) is 8.66. The summed E-state index contributed by atoms with van der Waals surface area (Å²) in [5.41, 5.74) is 5.49. The summed E-state index contributed by atoms with van der Waals surface area (Å²) in [6.07, 6.45) is 6.62. The number of rotatable bonds is 13. The van der Waals surface area contributed by atoms with Crippen LogP contribution in [-0.4, -0.2) is 26.0 Å². The Morgan fingerprint density at radius 1 is 1.07 bits per heavy atom. The van der Waals surface area contributed by atoms with Gasteiger partial charge in [-0.2, -0.15) is 5.48 Å². The van der Waals surface area contributed by atoms with Crippen molar-refractivity contribution in [3.63, 3.8) is 0 Å². The first-order valence-corrected chi connectivity index (χ1v) is 10.7. The molecule has 0 aromatic heterocycles. The molecule has 2 N–H and O–H groups in total. The molecule has 1 aliphatic rings. The van der Waals surface area contributed by atoms with Crippen LogP contribution in [0.25, 0.3) is 0 Å². The van der Waals surface area contributed by atoms with Gasteiger partial charge < -0.3 is 14.9 Å². The van der Waals surface area contributed by atoms with Gasteiger partial charge >= 0.3 is 0 Å². The van der Waals surface area contributed by atoms with Gasteiger partial charge in [0.05, 0.1) is 13.7 Å². The molecule has 0 spiro atoms. The van der Waals surface area contributed by atoms with Gasteiger partial charge in [-0.25, -0.2) is 4.39 Å². The van der Waals surface area contributed by atoms with Crippen molar-refractivity contribution in [1.29, 1.82) is 0 Å². The number of fused-ring (bicyclic) bond motifs is 1. The molecule has 2 aromatic carbocycles. The Morgan fingerprint density at radius 2 is 1.83 bits per heavy atom. The lowest BCUT2D eigenvalue weighted by Gasteiger charge is -2.14. The van der Waals surface area contributed by atoms with E-state index in [1.54, 1.807) is 19.2 Å². The van der Waals surface area contributed by atoms with Crippen molar-refractivity contribution in [3.05, 3.63) is 59.4 Å². The molecule has 0 saturated heterocycles. The molecule has 0 heterocycles. The lowest BCUT2D eigenvalue weighted by Crippen LogP contribution is -2.26. The fourth-order valence-electron chi connectivity index (χ4n) is 3.77. The van der Waals surface area contributed by atoms with Crippen LogP contribution in [0.2, 0.25) is 0 Å². The molecular formula is C24H31FN2O3. The van der Waals surface area contributed by atoms with Crippen molar-refractivity contribution in [3.8, 4) is 11.5 Å². The van der Waals surface area contributed by atoms with Crippen LogP contribution >= 0.6 is 0 Å². The van der Waals surface area contributed by atoms with Crippen molar-refractivity contribution in [2.45, 2.75) is 51.0 Å². The molecule has 3 rings (SSSR count). The number of carbonyl (C=O) groups excluding carboxylic acids is 1. The Hall–Kier alpha value is -2.44. The van der Waals surface area contributed by atoms with E-state index in [1.807, 2.05) is 6.07 Å². The summed E-state index contributed by atoms with van der Waals surface area (Å²) >= 11 is 0. The number of benzene rings is 2. The highest BCUT2D eigenvalue weighted by Gasteiger charge is 2.22. The summed E-state index contributed by atoms with van der Waals surface area (Å²) in [5.74, 6) is 1.48. The lowest BCUT2D eigenvalue weighted by atomic mass is 10.1. The summed E-state index contributed by atoms with van der Waals surface area (Å²) in [6, 6.07) is 12.4. The predicted molar refractivity (Wildman–Crippen MR) is 115 cm³/mol. The van der Waals surface area contributed by atoms with Crippen LogP contribution in [0.5, 0.6) is 11.5 Å². The number of hydrogen-bond acceptors (Lipinski definition) is 5. The molecule has 1 unspecified atom stereocenters. The first kappa shape index (κ1) is 22.2. The van der Waals surface area contributed by atoms with Crippen LogP contribution < -0.4 is 20.4 Å². The van der Waals surface area contributed by atoms with E-state index in [0.29, 0.717) is 18.7 Å². The molecule has 2 aromatic rings. The van der Waals surface area contributed by atoms with E-state index in [2.05, 4.69) is 22.9 Å². The van der Waals surface area contributed by atoms with Crippen molar-refractivity contribution >= 4 is 5.78 Å². The SMILES string of the molecule is COc1ccc2c(c1)CCC2NCC(=O)CCCCCCNOc1ccc(F)cc1. The van der Waals surface area contributed by atoms with Gasteiger partial charge in [-0.05, 0) is 73.2 Å². The molecule has 0 radical (unpaired) electrons. The van der Waals surface area contributed by atoms with Gasteiger partial charge in [0.25, 0.3) is 0 Å². The average molecular weight is 415 g/mol. The number of methoxy groups -OCH3 is 1. The Labute approximate surface area is 177 Å². The molecule has 6 heteroatoms. The molecule has 0 fully saturated rings. The number of aryl methyl sites for hydroxylation is 1. The maximum atomic E-state index is 12.8. The van der Waals surface area contributed by atoms with E-state index in [0.717, 1.165) is 50.8 Å². The monoisotopic (exact) mass is 414 g/mol. The minimum absolute atomic E-state index is 0.266. The minimum Gasteiger partial charge on any atom is -0.497 e. The molecule has 0 amide bonds. The molecule has 5 nitrogen and oxygen atoms in total. The molecule has 1 atom stereocenters. The van der Waals surface area contributed by atoms with Crippen LogP contribution in [0, 0.1) is 5.82 Å². The van der Waals surface area contributed by atoms with E-state index in [-0.39, 0.29) is 17.6 Å². The van der Waals surface area contributed by atoms with Crippen molar-refractivity contribution in [1.82, 2.24) is 10.8 Å². The fraction of sp³-hybridized carbons (Fsp3) is 0.458. The van der Waals surface area contributed by atoms with Crippen LogP contribution in [0.1, 0.15) is 55.7 Å². The Balaban J connectivity index is 1.21. The Morgan fingerprint density at radius 3 is 2.63 bits per heavy atom. The number of ketones is 1. The molecule has 162 valence electrons. The summed E-state index contributed by atoms with van der Waals surface area (Å²) in [7, 11) is 1.68. The van der Waals surface area contributed by atoms with Gasteiger partial charge in [-0.3, -0.25) is 4.79 Å². The number of ether oxygens (including phenoxy) is 1.